The lowest BCUT2D eigenvalue weighted by Gasteiger charge is -2.26. The smallest absolute Gasteiger partial charge is 0.311 e. The molecule has 0 bridgehead atoms. The zero-order chi connectivity index (χ0) is 17.3. The van der Waals surface area contributed by atoms with Crippen molar-refractivity contribution in [3.05, 3.63) is 23.8 Å². The predicted octanol–water partition coefficient (Wildman–Crippen LogP) is 1.96. The fourth-order valence-corrected chi connectivity index (χ4v) is 2.44. The predicted molar refractivity (Wildman–Crippen MR) is 84.9 cm³/mol. The Bertz CT molecular complexity index is 619. The van der Waals surface area contributed by atoms with Crippen molar-refractivity contribution in [2.45, 2.75) is 32.1 Å². The van der Waals surface area contributed by atoms with E-state index < -0.39 is 16.8 Å². The minimum absolute atomic E-state index is 0.165. The van der Waals surface area contributed by atoms with Gasteiger partial charge in [-0.15, -0.1) is 0 Å². The average Bonchev–Trinajstić information content (AvgIpc) is 3.33. The third-order valence-electron chi connectivity index (χ3n) is 4.57. The van der Waals surface area contributed by atoms with Crippen LogP contribution in [0.15, 0.2) is 18.2 Å². The molecule has 0 aliphatic heterocycles. The Balaban J connectivity index is 2.14. The number of carbonyl (C=O) groups excluding carboxylic acids is 1. The van der Waals surface area contributed by atoms with Crippen LogP contribution in [-0.4, -0.2) is 37.7 Å². The number of benzene rings is 1. The lowest BCUT2D eigenvalue weighted by molar-refractivity contribution is -0.143. The standard InChI is InChI=1S/C17H23NO5/c1-16(2,11-5-6-12(22-3)13(9-11)23-4)14(19)18-10-17(7-8-17)15(20)21/h5-6,9H,7-8,10H2,1-4H3,(H,18,19)(H,20,21). The van der Waals surface area contributed by atoms with Crippen LogP contribution in [0.25, 0.3) is 0 Å². The van der Waals surface area contributed by atoms with E-state index in [1.807, 2.05) is 6.07 Å². The fourth-order valence-electron chi connectivity index (χ4n) is 2.44. The van der Waals surface area contributed by atoms with E-state index in [0.29, 0.717) is 24.3 Å². The molecule has 23 heavy (non-hydrogen) atoms. The summed E-state index contributed by atoms with van der Waals surface area (Å²) in [6, 6.07) is 5.33. The second-order valence-electron chi connectivity index (χ2n) is 6.46. The number of aliphatic carboxylic acids is 1. The molecule has 1 amide bonds. The zero-order valence-corrected chi connectivity index (χ0v) is 13.9. The quantitative estimate of drug-likeness (QED) is 0.802. The first-order valence-corrected chi connectivity index (χ1v) is 7.51. The number of hydrogen-bond acceptors (Lipinski definition) is 4. The SMILES string of the molecule is COc1ccc(C(C)(C)C(=O)NCC2(C(=O)O)CC2)cc1OC. The van der Waals surface area contributed by atoms with Gasteiger partial charge in [0.05, 0.1) is 25.0 Å². The number of nitrogens with one attached hydrogen (secondary N) is 1. The van der Waals surface area contributed by atoms with Crippen molar-refractivity contribution >= 4 is 11.9 Å². The number of carboxylic acid groups (broad SMARTS) is 1. The molecule has 1 aromatic rings. The number of hydrogen-bond donors (Lipinski definition) is 2. The summed E-state index contributed by atoms with van der Waals surface area (Å²) in [7, 11) is 3.09. The second-order valence-corrected chi connectivity index (χ2v) is 6.46. The van der Waals surface area contributed by atoms with Gasteiger partial charge in [-0.3, -0.25) is 9.59 Å². The van der Waals surface area contributed by atoms with Gasteiger partial charge in [-0.1, -0.05) is 6.07 Å². The van der Waals surface area contributed by atoms with E-state index in [0.717, 1.165) is 5.56 Å². The van der Waals surface area contributed by atoms with Gasteiger partial charge in [0.2, 0.25) is 5.91 Å². The maximum Gasteiger partial charge on any atom is 0.311 e. The molecule has 0 spiro atoms. The van der Waals surface area contributed by atoms with Crippen LogP contribution in [0, 0.1) is 5.41 Å². The summed E-state index contributed by atoms with van der Waals surface area (Å²) >= 11 is 0. The van der Waals surface area contributed by atoms with Crippen LogP contribution in [0.3, 0.4) is 0 Å². The number of carbonyl (C=O) groups is 2. The molecule has 0 radical (unpaired) electrons. The molecule has 0 unspecified atom stereocenters. The first-order valence-electron chi connectivity index (χ1n) is 7.51. The van der Waals surface area contributed by atoms with E-state index in [4.69, 9.17) is 9.47 Å². The van der Waals surface area contributed by atoms with Gasteiger partial charge in [0, 0.05) is 6.54 Å². The molecule has 0 saturated heterocycles. The molecule has 1 fully saturated rings. The Hall–Kier alpha value is -2.24. The molecule has 2 rings (SSSR count). The first kappa shape index (κ1) is 17.1. The van der Waals surface area contributed by atoms with Gasteiger partial charge in [0.25, 0.3) is 0 Å². The lowest BCUT2D eigenvalue weighted by Crippen LogP contribution is -2.43. The van der Waals surface area contributed by atoms with Gasteiger partial charge in [-0.2, -0.15) is 0 Å². The maximum atomic E-state index is 12.5. The molecular formula is C17H23NO5. The summed E-state index contributed by atoms with van der Waals surface area (Å²) in [5, 5.41) is 12.0. The molecule has 1 aliphatic carbocycles. The highest BCUT2D eigenvalue weighted by atomic mass is 16.5. The van der Waals surface area contributed by atoms with Crippen LogP contribution in [0.5, 0.6) is 11.5 Å². The Labute approximate surface area is 135 Å². The number of carboxylic acids is 1. The van der Waals surface area contributed by atoms with E-state index in [1.165, 1.54) is 0 Å². The molecule has 0 heterocycles. The third-order valence-corrected chi connectivity index (χ3v) is 4.57. The van der Waals surface area contributed by atoms with Crippen molar-refractivity contribution in [2.75, 3.05) is 20.8 Å². The molecule has 1 aliphatic rings. The zero-order valence-electron chi connectivity index (χ0n) is 13.9. The first-order chi connectivity index (χ1) is 10.8. The highest BCUT2D eigenvalue weighted by molar-refractivity contribution is 5.88. The summed E-state index contributed by atoms with van der Waals surface area (Å²) in [6.45, 7) is 3.76. The monoisotopic (exact) mass is 321 g/mol. The minimum Gasteiger partial charge on any atom is -0.493 e. The number of amides is 1. The molecule has 6 nitrogen and oxygen atoms in total. The normalized spacial score (nSPS) is 15.7. The van der Waals surface area contributed by atoms with Gasteiger partial charge in [-0.25, -0.2) is 0 Å². The summed E-state index contributed by atoms with van der Waals surface area (Å²) in [5.74, 6) is 0.0873. The van der Waals surface area contributed by atoms with Crippen LogP contribution in [0.1, 0.15) is 32.3 Å². The van der Waals surface area contributed by atoms with Gasteiger partial charge >= 0.3 is 5.97 Å². The van der Waals surface area contributed by atoms with E-state index >= 15 is 0 Å². The second kappa shape index (κ2) is 6.10. The van der Waals surface area contributed by atoms with Crippen LogP contribution in [0.4, 0.5) is 0 Å². The van der Waals surface area contributed by atoms with Gasteiger partial charge in [-0.05, 0) is 44.4 Å². The van der Waals surface area contributed by atoms with Crippen molar-refractivity contribution in [1.29, 1.82) is 0 Å². The molecule has 1 saturated carbocycles. The summed E-state index contributed by atoms with van der Waals surface area (Å²) in [5.41, 5.74) is -0.815. The lowest BCUT2D eigenvalue weighted by atomic mass is 9.83. The molecule has 0 atom stereocenters. The molecule has 0 aromatic heterocycles. The molecular weight excluding hydrogens is 298 g/mol. The van der Waals surface area contributed by atoms with Crippen LogP contribution < -0.4 is 14.8 Å². The Morgan fingerprint density at radius 1 is 1.22 bits per heavy atom. The van der Waals surface area contributed by atoms with E-state index in [9.17, 15) is 14.7 Å². The largest absolute Gasteiger partial charge is 0.493 e. The number of rotatable bonds is 7. The van der Waals surface area contributed by atoms with Gasteiger partial charge < -0.3 is 19.9 Å². The third kappa shape index (κ3) is 3.25. The minimum atomic E-state index is -0.846. The fraction of sp³-hybridized carbons (Fsp3) is 0.529. The van der Waals surface area contributed by atoms with Crippen molar-refractivity contribution in [3.8, 4) is 11.5 Å². The maximum absolute atomic E-state index is 12.5. The topological polar surface area (TPSA) is 84.9 Å². The van der Waals surface area contributed by atoms with E-state index in [-0.39, 0.29) is 12.5 Å². The number of methoxy groups -OCH3 is 2. The van der Waals surface area contributed by atoms with Gasteiger partial charge in [0.1, 0.15) is 0 Å². The van der Waals surface area contributed by atoms with E-state index in [2.05, 4.69) is 5.32 Å². The molecule has 1 aromatic carbocycles. The van der Waals surface area contributed by atoms with Crippen LogP contribution >= 0.6 is 0 Å². The number of ether oxygens (including phenoxy) is 2. The summed E-state index contributed by atoms with van der Waals surface area (Å²) in [6.07, 6.45) is 1.22. The van der Waals surface area contributed by atoms with E-state index in [1.54, 1.807) is 40.2 Å². The summed E-state index contributed by atoms with van der Waals surface area (Å²) < 4.78 is 10.5. The average molecular weight is 321 g/mol. The van der Waals surface area contributed by atoms with Crippen molar-refractivity contribution in [2.24, 2.45) is 5.41 Å². The highest BCUT2D eigenvalue weighted by Gasteiger charge is 2.50. The Morgan fingerprint density at radius 3 is 2.30 bits per heavy atom. The van der Waals surface area contributed by atoms with Gasteiger partial charge in [0.15, 0.2) is 11.5 Å². The molecule has 126 valence electrons. The Kier molecular flexibility index (Phi) is 4.54. The van der Waals surface area contributed by atoms with Crippen molar-refractivity contribution < 1.29 is 24.2 Å². The molecule has 2 N–H and O–H groups in total. The Morgan fingerprint density at radius 2 is 1.83 bits per heavy atom. The van der Waals surface area contributed by atoms with Crippen molar-refractivity contribution in [3.63, 3.8) is 0 Å². The highest BCUT2D eigenvalue weighted by Crippen LogP contribution is 2.45. The molecule has 6 heteroatoms. The van der Waals surface area contributed by atoms with Crippen LogP contribution in [0.2, 0.25) is 0 Å². The van der Waals surface area contributed by atoms with Crippen molar-refractivity contribution in [1.82, 2.24) is 5.32 Å². The summed E-state index contributed by atoms with van der Waals surface area (Å²) in [4.78, 5) is 23.7. The van der Waals surface area contributed by atoms with Crippen LogP contribution in [-0.2, 0) is 15.0 Å².